The van der Waals surface area contributed by atoms with Gasteiger partial charge in [0, 0.05) is 73.4 Å². The van der Waals surface area contributed by atoms with Crippen LogP contribution in [0.2, 0.25) is 5.02 Å². The number of rotatable bonds is 6. The van der Waals surface area contributed by atoms with E-state index in [4.69, 9.17) is 16.3 Å². The van der Waals surface area contributed by atoms with Crippen LogP contribution in [0.5, 0.6) is 5.75 Å². The summed E-state index contributed by atoms with van der Waals surface area (Å²) in [5.41, 5.74) is 4.55. The molecule has 0 bridgehead atoms. The number of aryl methyl sites for hydroxylation is 1. The number of methoxy groups -OCH3 is 1. The number of hydrogen-bond donors (Lipinski definition) is 0. The third-order valence-corrected chi connectivity index (χ3v) is 7.24. The normalized spacial score (nSPS) is 14.8. The fraction of sp³-hybridized carbons (Fsp3) is 0.276. The lowest BCUT2D eigenvalue weighted by molar-refractivity contribution is -0.131. The van der Waals surface area contributed by atoms with Crippen molar-refractivity contribution >= 4 is 34.1 Å². The van der Waals surface area contributed by atoms with Crippen molar-refractivity contribution in [3.8, 4) is 5.75 Å². The number of fused-ring (bicyclic) bond motifs is 1. The number of anilines is 1. The zero-order valence-corrected chi connectivity index (χ0v) is 20.9. The lowest BCUT2D eigenvalue weighted by Gasteiger charge is -2.36. The van der Waals surface area contributed by atoms with E-state index in [1.165, 1.54) is 5.39 Å². The Bertz CT molecular complexity index is 1320. The van der Waals surface area contributed by atoms with E-state index in [9.17, 15) is 4.79 Å². The molecular weight excluding hydrogens is 458 g/mol. The summed E-state index contributed by atoms with van der Waals surface area (Å²) in [4.78, 5) is 17.9. The Balaban J connectivity index is 1.35. The lowest BCUT2D eigenvalue weighted by atomic mass is 9.87. The van der Waals surface area contributed by atoms with Gasteiger partial charge < -0.3 is 19.1 Å². The first-order chi connectivity index (χ1) is 17.0. The molecule has 1 unspecified atom stereocenters. The smallest absolute Gasteiger partial charge is 0.223 e. The SMILES string of the molecule is COc1ccc(N2CCN(C(=O)CC(c3cccc(Cl)c3)c3cn(C)c4ccccc34)CC2)cc1. The zero-order valence-electron chi connectivity index (χ0n) is 20.2. The topological polar surface area (TPSA) is 37.7 Å². The molecule has 6 heteroatoms. The van der Waals surface area contributed by atoms with E-state index in [0.29, 0.717) is 24.5 Å². The van der Waals surface area contributed by atoms with Crippen LogP contribution in [0, 0.1) is 0 Å². The molecule has 0 spiro atoms. The second-order valence-corrected chi connectivity index (χ2v) is 9.53. The maximum atomic E-state index is 13.6. The van der Waals surface area contributed by atoms with Crippen molar-refractivity contribution in [2.24, 2.45) is 7.05 Å². The van der Waals surface area contributed by atoms with Gasteiger partial charge in [-0.15, -0.1) is 0 Å². The minimum atomic E-state index is -0.0630. The van der Waals surface area contributed by atoms with E-state index in [1.807, 2.05) is 41.3 Å². The van der Waals surface area contributed by atoms with Crippen LogP contribution in [0.4, 0.5) is 5.69 Å². The summed E-state index contributed by atoms with van der Waals surface area (Å²) in [6, 6.07) is 24.4. The fourth-order valence-electron chi connectivity index (χ4n) is 5.09. The number of nitrogens with zero attached hydrogens (tertiary/aromatic N) is 3. The van der Waals surface area contributed by atoms with Crippen LogP contribution < -0.4 is 9.64 Å². The maximum absolute atomic E-state index is 13.6. The monoisotopic (exact) mass is 487 g/mol. The van der Waals surface area contributed by atoms with Gasteiger partial charge in [-0.2, -0.15) is 0 Å². The van der Waals surface area contributed by atoms with Gasteiger partial charge in [-0.05, 0) is 53.6 Å². The van der Waals surface area contributed by atoms with E-state index in [0.717, 1.165) is 41.2 Å². The van der Waals surface area contributed by atoms with Crippen LogP contribution in [0.15, 0.2) is 79.0 Å². The third kappa shape index (κ3) is 4.87. The third-order valence-electron chi connectivity index (χ3n) is 7.00. The summed E-state index contributed by atoms with van der Waals surface area (Å²) >= 11 is 6.36. The first-order valence-corrected chi connectivity index (χ1v) is 12.4. The Kier molecular flexibility index (Phi) is 6.69. The number of benzene rings is 3. The number of carbonyl (C=O) groups is 1. The van der Waals surface area contributed by atoms with Crippen LogP contribution >= 0.6 is 11.6 Å². The van der Waals surface area contributed by atoms with Crippen LogP contribution in [0.1, 0.15) is 23.5 Å². The average Bonchev–Trinajstić information content (AvgIpc) is 3.23. The number of halogens is 1. The van der Waals surface area contributed by atoms with Gasteiger partial charge in [0.25, 0.3) is 0 Å². The Labute approximate surface area is 211 Å². The minimum absolute atomic E-state index is 0.0630. The number of carbonyl (C=O) groups excluding carboxylic acids is 1. The Morgan fingerprint density at radius 1 is 0.971 bits per heavy atom. The molecule has 1 fully saturated rings. The van der Waals surface area contributed by atoms with Gasteiger partial charge in [-0.25, -0.2) is 0 Å². The van der Waals surface area contributed by atoms with Gasteiger partial charge in [-0.3, -0.25) is 4.79 Å². The van der Waals surface area contributed by atoms with E-state index in [1.54, 1.807) is 7.11 Å². The van der Waals surface area contributed by atoms with Gasteiger partial charge in [0.2, 0.25) is 5.91 Å². The molecule has 4 aromatic rings. The van der Waals surface area contributed by atoms with E-state index in [-0.39, 0.29) is 11.8 Å². The van der Waals surface area contributed by atoms with Crippen molar-refractivity contribution < 1.29 is 9.53 Å². The van der Waals surface area contributed by atoms with Crippen molar-refractivity contribution in [2.75, 3.05) is 38.2 Å². The fourth-order valence-corrected chi connectivity index (χ4v) is 5.29. The Morgan fingerprint density at radius 3 is 2.43 bits per heavy atom. The summed E-state index contributed by atoms with van der Waals surface area (Å²) in [6.07, 6.45) is 2.57. The molecule has 2 heterocycles. The molecule has 5 rings (SSSR count). The molecular formula is C29H30ClN3O2. The summed E-state index contributed by atoms with van der Waals surface area (Å²) in [7, 11) is 3.73. The predicted octanol–water partition coefficient (Wildman–Crippen LogP) is 5.71. The summed E-state index contributed by atoms with van der Waals surface area (Å²) in [6.45, 7) is 3.05. The Morgan fingerprint density at radius 2 is 1.71 bits per heavy atom. The van der Waals surface area contributed by atoms with Crippen molar-refractivity contribution in [3.63, 3.8) is 0 Å². The molecule has 0 N–H and O–H groups in total. The molecule has 1 aliphatic heterocycles. The first kappa shape index (κ1) is 23.3. The first-order valence-electron chi connectivity index (χ1n) is 12.0. The highest BCUT2D eigenvalue weighted by Gasteiger charge is 2.27. The van der Waals surface area contributed by atoms with Crippen molar-refractivity contribution in [3.05, 3.63) is 95.1 Å². The molecule has 180 valence electrons. The van der Waals surface area contributed by atoms with Crippen molar-refractivity contribution in [1.82, 2.24) is 9.47 Å². The van der Waals surface area contributed by atoms with Gasteiger partial charge in [0.1, 0.15) is 5.75 Å². The van der Waals surface area contributed by atoms with Gasteiger partial charge in [-0.1, -0.05) is 41.9 Å². The predicted molar refractivity (Wildman–Crippen MR) is 143 cm³/mol. The quantitative estimate of drug-likeness (QED) is 0.349. The average molecular weight is 488 g/mol. The summed E-state index contributed by atoms with van der Waals surface area (Å²) < 4.78 is 7.41. The zero-order chi connectivity index (χ0) is 24.4. The number of para-hydroxylation sites is 1. The highest BCUT2D eigenvalue weighted by atomic mass is 35.5. The van der Waals surface area contributed by atoms with Crippen molar-refractivity contribution in [1.29, 1.82) is 0 Å². The van der Waals surface area contributed by atoms with Crippen LogP contribution in [0.3, 0.4) is 0 Å². The van der Waals surface area contributed by atoms with Gasteiger partial charge in [0.05, 0.1) is 7.11 Å². The molecule has 0 radical (unpaired) electrons. The van der Waals surface area contributed by atoms with Gasteiger partial charge >= 0.3 is 0 Å². The molecule has 1 amide bonds. The largest absolute Gasteiger partial charge is 0.497 e. The van der Waals surface area contributed by atoms with Gasteiger partial charge in [0.15, 0.2) is 0 Å². The molecule has 0 aliphatic carbocycles. The van der Waals surface area contributed by atoms with Crippen LogP contribution in [-0.4, -0.2) is 48.7 Å². The van der Waals surface area contributed by atoms with Crippen LogP contribution in [0.25, 0.3) is 10.9 Å². The number of hydrogen-bond acceptors (Lipinski definition) is 3. The summed E-state index contributed by atoms with van der Waals surface area (Å²) in [5.74, 6) is 0.965. The molecule has 5 nitrogen and oxygen atoms in total. The second-order valence-electron chi connectivity index (χ2n) is 9.09. The summed E-state index contributed by atoms with van der Waals surface area (Å²) in [5, 5.41) is 1.87. The number of piperazine rings is 1. The highest BCUT2D eigenvalue weighted by molar-refractivity contribution is 6.30. The number of ether oxygens (including phenoxy) is 1. The minimum Gasteiger partial charge on any atom is -0.497 e. The number of amides is 1. The molecule has 35 heavy (non-hydrogen) atoms. The molecule has 0 saturated carbocycles. The van der Waals surface area contributed by atoms with E-state index < -0.39 is 0 Å². The molecule has 1 atom stereocenters. The van der Waals surface area contributed by atoms with E-state index in [2.05, 4.69) is 59.1 Å². The van der Waals surface area contributed by atoms with Crippen molar-refractivity contribution in [2.45, 2.75) is 12.3 Å². The second kappa shape index (κ2) is 10.0. The van der Waals surface area contributed by atoms with Crippen LogP contribution in [-0.2, 0) is 11.8 Å². The molecule has 1 aromatic heterocycles. The molecule has 1 saturated heterocycles. The highest BCUT2D eigenvalue weighted by Crippen LogP contribution is 2.36. The molecule has 3 aromatic carbocycles. The maximum Gasteiger partial charge on any atom is 0.223 e. The lowest BCUT2D eigenvalue weighted by Crippen LogP contribution is -2.49. The number of aromatic nitrogens is 1. The van der Waals surface area contributed by atoms with E-state index >= 15 is 0 Å². The standard InChI is InChI=1S/C29H30ClN3O2/c1-31-20-27(25-8-3-4-9-28(25)31)26(21-6-5-7-22(30)18-21)19-29(34)33-16-14-32(15-17-33)23-10-12-24(35-2)13-11-23/h3-13,18,20,26H,14-17,19H2,1-2H3. The Hall–Kier alpha value is -3.44. The molecule has 1 aliphatic rings.